The summed E-state index contributed by atoms with van der Waals surface area (Å²) >= 11 is 0. The van der Waals surface area contributed by atoms with Crippen molar-refractivity contribution in [2.45, 2.75) is 52.0 Å². The van der Waals surface area contributed by atoms with Gasteiger partial charge in [0.05, 0.1) is 18.2 Å². The topological polar surface area (TPSA) is 32.8 Å². The van der Waals surface area contributed by atoms with E-state index in [1.165, 1.54) is 11.1 Å². The highest BCUT2D eigenvalue weighted by molar-refractivity contribution is 5.81. The average molecular weight is 302 g/mol. The van der Waals surface area contributed by atoms with Gasteiger partial charge in [-0.1, -0.05) is 24.3 Å². The van der Waals surface area contributed by atoms with Crippen molar-refractivity contribution in [1.82, 2.24) is 9.80 Å². The number of benzene rings is 1. The number of carbonyl (C=O) groups is 1. The Morgan fingerprint density at radius 1 is 1.18 bits per heavy atom. The molecule has 120 valence electrons. The van der Waals surface area contributed by atoms with Gasteiger partial charge in [-0.25, -0.2) is 0 Å². The second-order valence-electron chi connectivity index (χ2n) is 6.67. The number of ether oxygens (including phenoxy) is 1. The van der Waals surface area contributed by atoms with Gasteiger partial charge in [-0.15, -0.1) is 0 Å². The largest absolute Gasteiger partial charge is 0.372 e. The Hall–Kier alpha value is -1.39. The van der Waals surface area contributed by atoms with Gasteiger partial charge in [0.1, 0.15) is 0 Å². The average Bonchev–Trinajstić information content (AvgIpc) is 2.52. The van der Waals surface area contributed by atoms with Gasteiger partial charge in [-0.2, -0.15) is 0 Å². The summed E-state index contributed by atoms with van der Waals surface area (Å²) in [6, 6.07) is 8.49. The van der Waals surface area contributed by atoms with E-state index in [0.29, 0.717) is 13.1 Å². The first kappa shape index (κ1) is 15.5. The van der Waals surface area contributed by atoms with E-state index >= 15 is 0 Å². The van der Waals surface area contributed by atoms with Crippen LogP contribution in [0, 0.1) is 0 Å². The van der Waals surface area contributed by atoms with Crippen LogP contribution in [0.2, 0.25) is 0 Å². The first-order valence-electron chi connectivity index (χ1n) is 8.29. The van der Waals surface area contributed by atoms with E-state index in [2.05, 4.69) is 29.2 Å². The highest BCUT2D eigenvalue weighted by Gasteiger charge is 2.32. The molecule has 0 radical (unpaired) electrons. The second kappa shape index (κ2) is 6.39. The van der Waals surface area contributed by atoms with Crippen LogP contribution < -0.4 is 0 Å². The fourth-order valence-electron chi connectivity index (χ4n) is 3.63. The molecule has 1 saturated heterocycles. The summed E-state index contributed by atoms with van der Waals surface area (Å²) in [6.45, 7) is 9.37. The molecule has 0 saturated carbocycles. The smallest absolute Gasteiger partial charge is 0.239 e. The predicted molar refractivity (Wildman–Crippen MR) is 86.6 cm³/mol. The van der Waals surface area contributed by atoms with Crippen molar-refractivity contribution >= 4 is 5.91 Å². The Bertz CT molecular complexity index is 536. The summed E-state index contributed by atoms with van der Waals surface area (Å²) in [5.41, 5.74) is 2.78. The molecule has 3 unspecified atom stereocenters. The van der Waals surface area contributed by atoms with Crippen molar-refractivity contribution in [2.24, 2.45) is 0 Å². The maximum atomic E-state index is 12.8. The molecule has 4 nitrogen and oxygen atoms in total. The van der Waals surface area contributed by atoms with E-state index in [4.69, 9.17) is 4.74 Å². The fourth-order valence-corrected chi connectivity index (χ4v) is 3.63. The lowest BCUT2D eigenvalue weighted by Crippen LogP contribution is -2.54. The number of carbonyl (C=O) groups excluding carboxylic acids is 1. The standard InChI is InChI=1S/C18H26N2O2/c1-13-10-20(11-14(2)22-13)18(21)15(3)19-9-8-16-6-4-5-7-17(16)12-19/h4-7,13-15H,8-12H2,1-3H3. The lowest BCUT2D eigenvalue weighted by molar-refractivity contribution is -0.148. The van der Waals surface area contributed by atoms with Crippen LogP contribution in [-0.4, -0.2) is 53.6 Å². The van der Waals surface area contributed by atoms with Gasteiger partial charge in [0.15, 0.2) is 0 Å². The third kappa shape index (κ3) is 3.18. The molecule has 22 heavy (non-hydrogen) atoms. The third-order valence-corrected chi connectivity index (χ3v) is 4.80. The Labute approximate surface area is 133 Å². The van der Waals surface area contributed by atoms with Gasteiger partial charge in [0.25, 0.3) is 0 Å². The van der Waals surface area contributed by atoms with Crippen LogP contribution in [0.25, 0.3) is 0 Å². The molecule has 1 fully saturated rings. The number of hydrogen-bond donors (Lipinski definition) is 0. The minimum atomic E-state index is -0.0640. The number of fused-ring (bicyclic) bond motifs is 1. The molecular formula is C18H26N2O2. The first-order chi connectivity index (χ1) is 10.5. The van der Waals surface area contributed by atoms with Gasteiger partial charge < -0.3 is 9.64 Å². The van der Waals surface area contributed by atoms with Gasteiger partial charge >= 0.3 is 0 Å². The van der Waals surface area contributed by atoms with Crippen molar-refractivity contribution in [3.05, 3.63) is 35.4 Å². The Morgan fingerprint density at radius 3 is 2.50 bits per heavy atom. The van der Waals surface area contributed by atoms with Gasteiger partial charge in [-0.05, 0) is 38.3 Å². The Balaban J connectivity index is 1.66. The molecule has 0 spiro atoms. The molecule has 0 aliphatic carbocycles. The lowest BCUT2D eigenvalue weighted by atomic mass is 9.98. The number of nitrogens with zero attached hydrogens (tertiary/aromatic N) is 2. The second-order valence-corrected chi connectivity index (χ2v) is 6.67. The molecule has 2 aliphatic rings. The Kier molecular flexibility index (Phi) is 4.50. The zero-order valence-corrected chi connectivity index (χ0v) is 13.8. The van der Waals surface area contributed by atoms with Crippen molar-refractivity contribution in [3.63, 3.8) is 0 Å². The first-order valence-corrected chi connectivity index (χ1v) is 8.29. The van der Waals surface area contributed by atoms with Crippen molar-refractivity contribution in [3.8, 4) is 0 Å². The predicted octanol–water partition coefficient (Wildman–Crippen LogP) is 2.07. The summed E-state index contributed by atoms with van der Waals surface area (Å²) < 4.78 is 5.73. The molecule has 3 atom stereocenters. The van der Waals surface area contributed by atoms with E-state index in [9.17, 15) is 4.79 Å². The molecule has 1 aromatic rings. The minimum absolute atomic E-state index is 0.0640. The summed E-state index contributed by atoms with van der Waals surface area (Å²) in [5, 5.41) is 0. The molecule has 1 aromatic carbocycles. The minimum Gasteiger partial charge on any atom is -0.372 e. The van der Waals surface area contributed by atoms with Crippen LogP contribution in [0.1, 0.15) is 31.9 Å². The SMILES string of the molecule is CC1CN(C(=O)C(C)N2CCc3ccccc3C2)CC(C)O1. The molecular weight excluding hydrogens is 276 g/mol. The molecule has 3 rings (SSSR count). The number of amides is 1. The summed E-state index contributed by atoms with van der Waals surface area (Å²) in [4.78, 5) is 17.1. The molecule has 2 aliphatic heterocycles. The molecule has 0 N–H and O–H groups in total. The van der Waals surface area contributed by atoms with Crippen molar-refractivity contribution in [2.75, 3.05) is 19.6 Å². The van der Waals surface area contributed by atoms with Crippen LogP contribution in [0.5, 0.6) is 0 Å². The molecule has 2 heterocycles. The summed E-state index contributed by atoms with van der Waals surface area (Å²) in [5.74, 6) is 0.237. The van der Waals surface area contributed by atoms with Crippen LogP contribution in [-0.2, 0) is 22.5 Å². The summed E-state index contributed by atoms with van der Waals surface area (Å²) in [6.07, 6.45) is 1.29. The molecule has 1 amide bonds. The van der Waals surface area contributed by atoms with E-state index in [-0.39, 0.29) is 24.2 Å². The normalized spacial score (nSPS) is 27.3. The third-order valence-electron chi connectivity index (χ3n) is 4.80. The zero-order valence-electron chi connectivity index (χ0n) is 13.8. The highest BCUT2D eigenvalue weighted by atomic mass is 16.5. The summed E-state index contributed by atoms with van der Waals surface area (Å²) in [7, 11) is 0. The quantitative estimate of drug-likeness (QED) is 0.838. The number of rotatable bonds is 2. The van der Waals surface area contributed by atoms with Gasteiger partial charge in [0.2, 0.25) is 5.91 Å². The maximum Gasteiger partial charge on any atom is 0.239 e. The lowest BCUT2D eigenvalue weighted by Gasteiger charge is -2.40. The number of hydrogen-bond acceptors (Lipinski definition) is 3. The Morgan fingerprint density at radius 2 is 1.82 bits per heavy atom. The molecule has 0 bridgehead atoms. The fraction of sp³-hybridized carbons (Fsp3) is 0.611. The maximum absolute atomic E-state index is 12.8. The molecule has 4 heteroatoms. The van der Waals surface area contributed by atoms with Crippen LogP contribution in [0.4, 0.5) is 0 Å². The van der Waals surface area contributed by atoms with Crippen molar-refractivity contribution < 1.29 is 9.53 Å². The number of morpholine rings is 1. The van der Waals surface area contributed by atoms with Crippen LogP contribution in [0.15, 0.2) is 24.3 Å². The zero-order chi connectivity index (χ0) is 15.7. The van der Waals surface area contributed by atoms with Gasteiger partial charge in [0, 0.05) is 26.2 Å². The monoisotopic (exact) mass is 302 g/mol. The van der Waals surface area contributed by atoms with E-state index in [1.54, 1.807) is 0 Å². The van der Waals surface area contributed by atoms with Gasteiger partial charge in [-0.3, -0.25) is 9.69 Å². The van der Waals surface area contributed by atoms with E-state index < -0.39 is 0 Å². The highest BCUT2D eigenvalue weighted by Crippen LogP contribution is 2.22. The van der Waals surface area contributed by atoms with E-state index in [1.807, 2.05) is 25.7 Å². The molecule has 0 aromatic heterocycles. The van der Waals surface area contributed by atoms with Crippen LogP contribution >= 0.6 is 0 Å². The van der Waals surface area contributed by atoms with Crippen LogP contribution in [0.3, 0.4) is 0 Å². The van der Waals surface area contributed by atoms with E-state index in [0.717, 1.165) is 19.5 Å². The van der Waals surface area contributed by atoms with Crippen molar-refractivity contribution in [1.29, 1.82) is 0 Å².